The molecule has 0 aliphatic heterocycles. The fourth-order valence-corrected chi connectivity index (χ4v) is 1.40. The smallest absolute Gasteiger partial charge is 0.270 e. The highest BCUT2D eigenvalue weighted by Crippen LogP contribution is 2.09. The third kappa shape index (κ3) is 4.35. The maximum atomic E-state index is 11.8. The van der Waals surface area contributed by atoms with Crippen LogP contribution < -0.4 is 10.6 Å². The summed E-state index contributed by atoms with van der Waals surface area (Å²) in [5, 5.41) is 6.21. The fourth-order valence-electron chi connectivity index (χ4n) is 1.40. The zero-order valence-corrected chi connectivity index (χ0v) is 11.7. The highest BCUT2D eigenvalue weighted by atomic mass is 16.1. The van der Waals surface area contributed by atoms with Crippen molar-refractivity contribution in [2.75, 3.05) is 5.32 Å². The summed E-state index contributed by atoms with van der Waals surface area (Å²) < 4.78 is 0. The third-order valence-electron chi connectivity index (χ3n) is 3.01. The molecule has 4 heteroatoms. The van der Waals surface area contributed by atoms with Gasteiger partial charge in [0, 0.05) is 12.1 Å². The Morgan fingerprint density at radius 1 is 1.22 bits per heavy atom. The number of hydrogen-bond donors (Lipinski definition) is 2. The molecule has 2 unspecified atom stereocenters. The second-order valence-corrected chi connectivity index (χ2v) is 4.67. The molecule has 1 aromatic rings. The van der Waals surface area contributed by atoms with E-state index in [1.165, 1.54) is 0 Å². The molecule has 0 spiro atoms. The van der Waals surface area contributed by atoms with Gasteiger partial charge in [0.2, 0.25) is 0 Å². The summed E-state index contributed by atoms with van der Waals surface area (Å²) >= 11 is 0. The Morgan fingerprint density at radius 2 is 1.89 bits per heavy atom. The lowest BCUT2D eigenvalue weighted by Gasteiger charge is -2.13. The van der Waals surface area contributed by atoms with E-state index in [-0.39, 0.29) is 11.9 Å². The zero-order valence-electron chi connectivity index (χ0n) is 11.7. The van der Waals surface area contributed by atoms with E-state index in [0.29, 0.717) is 11.7 Å². The molecule has 1 rings (SSSR count). The Hall–Kier alpha value is -1.58. The number of hydrogen-bond acceptors (Lipinski definition) is 3. The lowest BCUT2D eigenvalue weighted by Crippen LogP contribution is -2.32. The van der Waals surface area contributed by atoms with Gasteiger partial charge in [-0.15, -0.1) is 0 Å². The minimum Gasteiger partial charge on any atom is -0.381 e. The van der Waals surface area contributed by atoms with Crippen molar-refractivity contribution in [3.8, 4) is 0 Å². The lowest BCUT2D eigenvalue weighted by molar-refractivity contribution is 0.0934. The highest BCUT2D eigenvalue weighted by Gasteiger charge is 2.09. The number of aromatic nitrogens is 1. The lowest BCUT2D eigenvalue weighted by atomic mass is 10.2. The number of nitrogens with one attached hydrogen (secondary N) is 2. The molecule has 0 aromatic carbocycles. The SMILES string of the molecule is CCC(C)NC(=O)c1ccc(NC(C)CC)cn1. The quantitative estimate of drug-likeness (QED) is 0.815. The summed E-state index contributed by atoms with van der Waals surface area (Å²) in [5.74, 6) is -0.112. The summed E-state index contributed by atoms with van der Waals surface area (Å²) in [5.41, 5.74) is 1.41. The van der Waals surface area contributed by atoms with Gasteiger partial charge in [-0.25, -0.2) is 4.98 Å². The Balaban J connectivity index is 2.62. The van der Waals surface area contributed by atoms with Gasteiger partial charge in [-0.05, 0) is 38.8 Å². The van der Waals surface area contributed by atoms with Crippen molar-refractivity contribution < 1.29 is 4.79 Å². The van der Waals surface area contributed by atoms with Crippen LogP contribution in [0.1, 0.15) is 51.0 Å². The van der Waals surface area contributed by atoms with Crippen molar-refractivity contribution in [2.45, 2.75) is 52.6 Å². The molecule has 0 fully saturated rings. The zero-order chi connectivity index (χ0) is 13.5. The number of nitrogens with zero attached hydrogens (tertiary/aromatic N) is 1. The number of rotatable bonds is 6. The first-order valence-electron chi connectivity index (χ1n) is 6.60. The van der Waals surface area contributed by atoms with Crippen LogP contribution in [0.25, 0.3) is 0 Å². The largest absolute Gasteiger partial charge is 0.381 e. The Labute approximate surface area is 109 Å². The topological polar surface area (TPSA) is 54.0 Å². The number of pyridine rings is 1. The number of carbonyl (C=O) groups excluding carboxylic acids is 1. The van der Waals surface area contributed by atoms with Gasteiger partial charge in [0.25, 0.3) is 5.91 Å². The van der Waals surface area contributed by atoms with E-state index in [4.69, 9.17) is 0 Å². The van der Waals surface area contributed by atoms with Crippen LogP contribution >= 0.6 is 0 Å². The molecule has 1 aromatic heterocycles. The summed E-state index contributed by atoms with van der Waals surface area (Å²) in [6.45, 7) is 8.26. The molecule has 2 atom stereocenters. The number of anilines is 1. The van der Waals surface area contributed by atoms with Gasteiger partial charge in [0.1, 0.15) is 5.69 Å². The van der Waals surface area contributed by atoms with Crippen LogP contribution in [0.3, 0.4) is 0 Å². The molecule has 1 heterocycles. The first-order chi connectivity index (χ1) is 8.56. The normalized spacial score (nSPS) is 13.8. The van der Waals surface area contributed by atoms with E-state index < -0.39 is 0 Å². The molecule has 0 bridgehead atoms. The van der Waals surface area contributed by atoms with Gasteiger partial charge in [0.05, 0.1) is 11.9 Å². The predicted molar refractivity (Wildman–Crippen MR) is 74.8 cm³/mol. The van der Waals surface area contributed by atoms with E-state index in [9.17, 15) is 4.79 Å². The van der Waals surface area contributed by atoms with E-state index >= 15 is 0 Å². The minimum absolute atomic E-state index is 0.112. The number of amides is 1. The maximum absolute atomic E-state index is 11.8. The Bertz CT molecular complexity index is 375. The standard InChI is InChI=1S/C14H23N3O/c1-5-10(3)16-12-7-8-13(15-9-12)14(18)17-11(4)6-2/h7-11,16H,5-6H2,1-4H3,(H,17,18). The van der Waals surface area contributed by atoms with Gasteiger partial charge in [0.15, 0.2) is 0 Å². The second-order valence-electron chi connectivity index (χ2n) is 4.67. The molecule has 0 saturated heterocycles. The Kier molecular flexibility index (Phi) is 5.62. The molecule has 0 radical (unpaired) electrons. The van der Waals surface area contributed by atoms with Crippen LogP contribution in [-0.2, 0) is 0 Å². The van der Waals surface area contributed by atoms with Crippen molar-refractivity contribution in [2.24, 2.45) is 0 Å². The molecular formula is C14H23N3O. The molecule has 0 aliphatic carbocycles. The fraction of sp³-hybridized carbons (Fsp3) is 0.571. The van der Waals surface area contributed by atoms with Crippen LogP contribution in [0.2, 0.25) is 0 Å². The second kappa shape index (κ2) is 6.99. The molecule has 0 saturated carbocycles. The molecule has 4 nitrogen and oxygen atoms in total. The van der Waals surface area contributed by atoms with Gasteiger partial charge in [-0.2, -0.15) is 0 Å². The van der Waals surface area contributed by atoms with Gasteiger partial charge < -0.3 is 10.6 Å². The van der Waals surface area contributed by atoms with Crippen molar-refractivity contribution in [1.82, 2.24) is 10.3 Å². The van der Waals surface area contributed by atoms with Crippen molar-refractivity contribution in [3.63, 3.8) is 0 Å². The predicted octanol–water partition coefficient (Wildman–Crippen LogP) is 2.82. The summed E-state index contributed by atoms with van der Waals surface area (Å²) in [4.78, 5) is 16.0. The van der Waals surface area contributed by atoms with E-state index in [1.807, 2.05) is 19.9 Å². The molecule has 1 amide bonds. The molecule has 0 aliphatic rings. The van der Waals surface area contributed by atoms with Crippen molar-refractivity contribution >= 4 is 11.6 Å². The maximum Gasteiger partial charge on any atom is 0.270 e. The average Bonchev–Trinajstić information content (AvgIpc) is 2.39. The van der Waals surface area contributed by atoms with Crippen LogP contribution in [0.4, 0.5) is 5.69 Å². The van der Waals surface area contributed by atoms with Crippen LogP contribution in [0.5, 0.6) is 0 Å². The first-order valence-corrected chi connectivity index (χ1v) is 6.60. The highest BCUT2D eigenvalue weighted by molar-refractivity contribution is 5.92. The van der Waals surface area contributed by atoms with Crippen molar-refractivity contribution in [3.05, 3.63) is 24.0 Å². The van der Waals surface area contributed by atoms with Crippen LogP contribution in [-0.4, -0.2) is 23.0 Å². The average molecular weight is 249 g/mol. The summed E-state index contributed by atoms with van der Waals surface area (Å²) in [7, 11) is 0. The molecule has 2 N–H and O–H groups in total. The monoisotopic (exact) mass is 249 g/mol. The molecule has 100 valence electrons. The van der Waals surface area contributed by atoms with Crippen LogP contribution in [0.15, 0.2) is 18.3 Å². The van der Waals surface area contributed by atoms with E-state index in [0.717, 1.165) is 18.5 Å². The van der Waals surface area contributed by atoms with E-state index in [1.54, 1.807) is 12.3 Å². The van der Waals surface area contributed by atoms with Gasteiger partial charge in [-0.1, -0.05) is 13.8 Å². The number of carbonyl (C=O) groups is 1. The first kappa shape index (κ1) is 14.5. The Morgan fingerprint density at radius 3 is 2.39 bits per heavy atom. The molecule has 18 heavy (non-hydrogen) atoms. The van der Waals surface area contributed by atoms with Gasteiger partial charge in [-0.3, -0.25) is 4.79 Å². The summed E-state index contributed by atoms with van der Waals surface area (Å²) in [6, 6.07) is 4.23. The minimum atomic E-state index is -0.112. The van der Waals surface area contributed by atoms with Crippen LogP contribution in [0, 0.1) is 0 Å². The van der Waals surface area contributed by atoms with E-state index in [2.05, 4.69) is 29.5 Å². The molecular weight excluding hydrogens is 226 g/mol. The van der Waals surface area contributed by atoms with Crippen molar-refractivity contribution in [1.29, 1.82) is 0 Å². The summed E-state index contributed by atoms with van der Waals surface area (Å²) in [6.07, 6.45) is 3.67. The van der Waals surface area contributed by atoms with Gasteiger partial charge >= 0.3 is 0 Å². The third-order valence-corrected chi connectivity index (χ3v) is 3.01.